The molecule has 0 saturated carbocycles. The number of aliphatic hydroxyl groups is 2. The molecule has 7 heteroatoms. The van der Waals surface area contributed by atoms with Gasteiger partial charge in [-0.2, -0.15) is 0 Å². The zero-order valence-electron chi connectivity index (χ0n) is 12.3. The third-order valence-electron chi connectivity index (χ3n) is 3.67. The van der Waals surface area contributed by atoms with E-state index >= 15 is 0 Å². The first-order valence-electron chi connectivity index (χ1n) is 7.07. The number of para-hydroxylation sites is 1. The summed E-state index contributed by atoms with van der Waals surface area (Å²) in [7, 11) is 1.53. The molecule has 0 aliphatic carbocycles. The summed E-state index contributed by atoms with van der Waals surface area (Å²) < 4.78 is 23.7. The minimum absolute atomic E-state index is 0.0241. The van der Waals surface area contributed by atoms with Gasteiger partial charge >= 0.3 is 0 Å². The second-order valence-electron chi connectivity index (χ2n) is 5.20. The number of halogens is 1. The van der Waals surface area contributed by atoms with E-state index < -0.39 is 24.1 Å². The molecule has 0 bridgehead atoms. The van der Waals surface area contributed by atoms with Crippen LogP contribution < -0.4 is 4.74 Å². The van der Waals surface area contributed by atoms with E-state index in [0.29, 0.717) is 0 Å². The molecule has 1 saturated heterocycles. The third-order valence-corrected chi connectivity index (χ3v) is 3.67. The Morgan fingerprint density at radius 3 is 2.86 bits per heavy atom. The van der Waals surface area contributed by atoms with Crippen LogP contribution >= 0.6 is 0 Å². The van der Waals surface area contributed by atoms with Crippen molar-refractivity contribution >= 4 is 5.91 Å². The summed E-state index contributed by atoms with van der Waals surface area (Å²) in [5.41, 5.74) is 0. The first-order chi connectivity index (χ1) is 10.5. The molecule has 0 unspecified atom stereocenters. The van der Waals surface area contributed by atoms with Crippen LogP contribution in [0.1, 0.15) is 6.42 Å². The van der Waals surface area contributed by atoms with Gasteiger partial charge in [0.2, 0.25) is 5.91 Å². The number of nitrogens with zero attached hydrogens (tertiary/aromatic N) is 1. The molecule has 1 aromatic carbocycles. The quantitative estimate of drug-likeness (QED) is 0.810. The van der Waals surface area contributed by atoms with E-state index in [0.717, 1.165) is 0 Å². The molecule has 122 valence electrons. The fourth-order valence-electron chi connectivity index (χ4n) is 2.28. The van der Waals surface area contributed by atoms with Crippen molar-refractivity contribution in [3.8, 4) is 5.75 Å². The summed E-state index contributed by atoms with van der Waals surface area (Å²) >= 11 is 0. The summed E-state index contributed by atoms with van der Waals surface area (Å²) in [6, 6.07) is 5.35. The van der Waals surface area contributed by atoms with Gasteiger partial charge in [0, 0.05) is 7.05 Å². The van der Waals surface area contributed by atoms with Gasteiger partial charge in [-0.25, -0.2) is 4.39 Å². The van der Waals surface area contributed by atoms with E-state index in [2.05, 4.69) is 0 Å². The monoisotopic (exact) mass is 313 g/mol. The average molecular weight is 313 g/mol. The highest BCUT2D eigenvalue weighted by Crippen LogP contribution is 2.17. The van der Waals surface area contributed by atoms with Crippen LogP contribution in [0.4, 0.5) is 4.39 Å². The van der Waals surface area contributed by atoms with Gasteiger partial charge in [0.1, 0.15) is 12.2 Å². The van der Waals surface area contributed by atoms with Crippen LogP contribution in [0.5, 0.6) is 5.75 Å². The predicted molar refractivity (Wildman–Crippen MR) is 75.9 cm³/mol. The van der Waals surface area contributed by atoms with Crippen LogP contribution in [0.3, 0.4) is 0 Å². The number of hydrogen-bond donors (Lipinski definition) is 2. The normalized spacial score (nSPS) is 24.8. The molecular weight excluding hydrogens is 293 g/mol. The third kappa shape index (κ3) is 3.94. The summed E-state index contributed by atoms with van der Waals surface area (Å²) in [4.78, 5) is 13.4. The topological polar surface area (TPSA) is 79.2 Å². The maximum atomic E-state index is 13.4. The molecule has 2 rings (SSSR count). The Hall–Kier alpha value is -1.70. The lowest BCUT2D eigenvalue weighted by Crippen LogP contribution is -2.56. The Morgan fingerprint density at radius 2 is 2.14 bits per heavy atom. The minimum atomic E-state index is -1.05. The maximum absolute atomic E-state index is 13.4. The van der Waals surface area contributed by atoms with Crippen LogP contribution in [0.15, 0.2) is 24.3 Å². The summed E-state index contributed by atoms with van der Waals surface area (Å²) in [6.45, 7) is 0.237. The van der Waals surface area contributed by atoms with Gasteiger partial charge < -0.3 is 24.6 Å². The lowest BCUT2D eigenvalue weighted by atomic mass is 10.0. The van der Waals surface area contributed by atoms with E-state index in [9.17, 15) is 19.4 Å². The van der Waals surface area contributed by atoms with E-state index in [-0.39, 0.29) is 37.9 Å². The fourth-order valence-corrected chi connectivity index (χ4v) is 2.28. The number of carbonyl (C=O) groups is 1. The Labute approximate surface area is 128 Å². The number of aliphatic hydroxyl groups excluding tert-OH is 2. The van der Waals surface area contributed by atoms with Gasteiger partial charge in [-0.15, -0.1) is 0 Å². The van der Waals surface area contributed by atoms with Crippen molar-refractivity contribution in [2.75, 3.05) is 26.9 Å². The standard InChI is InChI=1S/C15H20FNO5/c1-17(11-8-21-9-12(18)15(11)20)14(19)6-7-22-13-5-3-2-4-10(13)16/h2-5,11-12,15,18,20H,6-9H2,1H3/t11-,12-,15+/m1/s1. The van der Waals surface area contributed by atoms with Crippen molar-refractivity contribution in [2.24, 2.45) is 0 Å². The Bertz CT molecular complexity index is 512. The van der Waals surface area contributed by atoms with Crippen molar-refractivity contribution in [3.05, 3.63) is 30.1 Å². The number of hydrogen-bond acceptors (Lipinski definition) is 5. The van der Waals surface area contributed by atoms with Gasteiger partial charge in [0.05, 0.1) is 32.3 Å². The van der Waals surface area contributed by atoms with Gasteiger partial charge in [-0.3, -0.25) is 4.79 Å². The van der Waals surface area contributed by atoms with Gasteiger partial charge in [-0.1, -0.05) is 12.1 Å². The SMILES string of the molecule is CN(C(=O)CCOc1ccccc1F)[C@@H]1COC[C@@H](O)[C@H]1O. The van der Waals surface area contributed by atoms with Gasteiger partial charge in [0.15, 0.2) is 11.6 Å². The van der Waals surface area contributed by atoms with E-state index in [1.165, 1.54) is 24.1 Å². The van der Waals surface area contributed by atoms with E-state index in [1.807, 2.05) is 0 Å². The highest BCUT2D eigenvalue weighted by atomic mass is 19.1. The Balaban J connectivity index is 1.83. The lowest BCUT2D eigenvalue weighted by molar-refractivity contribution is -0.153. The molecule has 22 heavy (non-hydrogen) atoms. The molecule has 0 radical (unpaired) electrons. The molecule has 2 N–H and O–H groups in total. The van der Waals surface area contributed by atoms with Gasteiger partial charge in [0.25, 0.3) is 0 Å². The first-order valence-corrected chi connectivity index (χ1v) is 7.07. The number of likely N-dealkylation sites (N-methyl/N-ethyl adjacent to an activating group) is 1. The lowest BCUT2D eigenvalue weighted by Gasteiger charge is -2.37. The molecule has 1 fully saturated rings. The maximum Gasteiger partial charge on any atom is 0.226 e. The zero-order valence-corrected chi connectivity index (χ0v) is 12.3. The molecule has 6 nitrogen and oxygen atoms in total. The first kappa shape index (κ1) is 16.7. The predicted octanol–water partition coefficient (Wildman–Crippen LogP) is 0.174. The number of benzene rings is 1. The molecule has 1 heterocycles. The fraction of sp³-hybridized carbons (Fsp3) is 0.533. The number of carbonyl (C=O) groups excluding carboxylic acids is 1. The van der Waals surface area contributed by atoms with Gasteiger partial charge in [-0.05, 0) is 12.1 Å². The molecule has 1 amide bonds. The molecular formula is C15H20FNO5. The average Bonchev–Trinajstić information content (AvgIpc) is 2.51. The molecule has 1 aromatic rings. The van der Waals surface area contributed by atoms with Crippen molar-refractivity contribution in [1.82, 2.24) is 4.90 Å². The summed E-state index contributed by atoms with van der Waals surface area (Å²) in [6.07, 6.45) is -2.02. The second-order valence-corrected chi connectivity index (χ2v) is 5.20. The minimum Gasteiger partial charge on any atom is -0.490 e. The van der Waals surface area contributed by atoms with Crippen LogP contribution in [0.2, 0.25) is 0 Å². The molecule has 0 aromatic heterocycles. The summed E-state index contributed by atoms with van der Waals surface area (Å²) in [5, 5.41) is 19.4. The second kappa shape index (κ2) is 7.53. The highest BCUT2D eigenvalue weighted by molar-refractivity contribution is 5.76. The highest BCUT2D eigenvalue weighted by Gasteiger charge is 2.35. The Morgan fingerprint density at radius 1 is 1.41 bits per heavy atom. The Kier molecular flexibility index (Phi) is 5.70. The summed E-state index contributed by atoms with van der Waals surface area (Å²) in [5.74, 6) is -0.671. The van der Waals surface area contributed by atoms with E-state index in [4.69, 9.17) is 9.47 Å². The van der Waals surface area contributed by atoms with Crippen molar-refractivity contribution < 1.29 is 28.9 Å². The van der Waals surface area contributed by atoms with Crippen molar-refractivity contribution in [2.45, 2.75) is 24.7 Å². The van der Waals surface area contributed by atoms with Crippen molar-refractivity contribution in [1.29, 1.82) is 0 Å². The number of rotatable bonds is 5. The molecule has 3 atom stereocenters. The smallest absolute Gasteiger partial charge is 0.226 e. The largest absolute Gasteiger partial charge is 0.490 e. The van der Waals surface area contributed by atoms with Crippen LogP contribution in [-0.4, -0.2) is 66.1 Å². The van der Waals surface area contributed by atoms with Crippen LogP contribution in [0.25, 0.3) is 0 Å². The van der Waals surface area contributed by atoms with Crippen molar-refractivity contribution in [3.63, 3.8) is 0 Å². The zero-order chi connectivity index (χ0) is 16.1. The number of amides is 1. The molecule has 0 spiro atoms. The number of ether oxygens (including phenoxy) is 2. The van der Waals surface area contributed by atoms with Crippen LogP contribution in [0, 0.1) is 5.82 Å². The molecule has 1 aliphatic rings. The van der Waals surface area contributed by atoms with Crippen LogP contribution in [-0.2, 0) is 9.53 Å². The van der Waals surface area contributed by atoms with E-state index in [1.54, 1.807) is 12.1 Å². The molecule has 1 aliphatic heterocycles.